The number of benzene rings is 2. The molecule has 0 amide bonds. The van der Waals surface area contributed by atoms with Crippen LogP contribution in [0, 0.1) is 27.4 Å². The Balaban J connectivity index is 0.000000311. The van der Waals surface area contributed by atoms with Crippen LogP contribution in [0.15, 0.2) is 36.4 Å². The van der Waals surface area contributed by atoms with Crippen LogP contribution in [-0.2, 0) is 0 Å². The third-order valence-electron chi connectivity index (χ3n) is 2.06. The lowest BCUT2D eigenvalue weighted by molar-refractivity contribution is 0.414. The van der Waals surface area contributed by atoms with Crippen LogP contribution in [0.3, 0.4) is 0 Å². The largest absolute Gasteiger partial charge is 0.508 e. The summed E-state index contributed by atoms with van der Waals surface area (Å²) in [4.78, 5) is 0. The van der Waals surface area contributed by atoms with E-state index in [0.717, 1.165) is 18.2 Å². The second kappa shape index (κ2) is 6.83. The Morgan fingerprint density at radius 3 is 1.58 bits per heavy atom. The summed E-state index contributed by atoms with van der Waals surface area (Å²) in [6.45, 7) is -9.51. The molecular weight excluding hydrogens is 236 g/mol. The molecule has 0 heterocycles. The second-order valence-electron chi connectivity index (χ2n) is 3.72. The fraction of sp³-hybridized carbons (Fsp3) is 0.294. The third-order valence-corrected chi connectivity index (χ3v) is 2.06. The molecule has 0 saturated heterocycles. The fourth-order valence-electron chi connectivity index (χ4n) is 1.33. The van der Waals surface area contributed by atoms with Crippen LogP contribution in [0.5, 0.6) is 11.5 Å². The van der Waals surface area contributed by atoms with E-state index < -0.39 is 27.4 Å². The van der Waals surface area contributed by atoms with Crippen LogP contribution in [-0.4, -0.2) is 12.2 Å². The summed E-state index contributed by atoms with van der Waals surface area (Å²) in [5, 5.41) is 9.22. The average molecular weight is 270 g/mol. The zero-order valence-corrected chi connectivity index (χ0v) is 10.3. The molecule has 2 rings (SSSR count). The first-order valence-electron chi connectivity index (χ1n) is 11.3. The number of hydrogen-bond acceptors (Lipinski definition) is 2. The first-order chi connectivity index (χ1) is 13.7. The van der Waals surface area contributed by atoms with E-state index >= 15 is 0 Å². The van der Waals surface area contributed by atoms with Crippen LogP contribution in [0.25, 0.3) is 0 Å². The Kier molecular flexibility index (Phi) is 1.87. The van der Waals surface area contributed by atoms with Crippen molar-refractivity contribution in [3.8, 4) is 11.5 Å². The minimum Gasteiger partial charge on any atom is -0.508 e. The Hall–Kier alpha value is -1.96. The van der Waals surface area contributed by atoms with Gasteiger partial charge in [-0.05, 0) is 73.9 Å². The highest BCUT2D eigenvalue weighted by Gasteiger charge is 1.92. The van der Waals surface area contributed by atoms with E-state index in [9.17, 15) is 5.11 Å². The molecule has 2 aromatic carbocycles. The summed E-state index contributed by atoms with van der Waals surface area (Å²) in [6, 6.07) is 6.97. The first-order valence-corrected chi connectivity index (χ1v) is 5.30. The molecule has 0 aliphatic rings. The number of aromatic hydroxyl groups is 1. The standard InChI is InChI=1S/C9H12O.C8H10O/c1-7-4-8(2)6-9(5-7)10-3;1-6-3-7(2)5-8(9)4-6/h4-6H,1-3H3;3-5,9H,1-2H3/i2*1D3,2D3. The lowest BCUT2D eigenvalue weighted by atomic mass is 10.1. The van der Waals surface area contributed by atoms with Crippen LogP contribution < -0.4 is 4.74 Å². The highest BCUT2D eigenvalue weighted by molar-refractivity contribution is 5.33. The zero-order chi connectivity index (χ0) is 24.4. The summed E-state index contributed by atoms with van der Waals surface area (Å²) < 4.78 is 91.0. The van der Waals surface area contributed by atoms with Gasteiger partial charge in [-0.2, -0.15) is 0 Å². The van der Waals surface area contributed by atoms with Crippen molar-refractivity contribution in [2.45, 2.75) is 27.4 Å². The summed E-state index contributed by atoms with van der Waals surface area (Å²) in [5.41, 5.74) is -0.404. The molecule has 0 spiro atoms. The minimum atomic E-state index is -2.42. The van der Waals surface area contributed by atoms with Gasteiger partial charge < -0.3 is 9.84 Å². The SMILES string of the molecule is [2H]C([2H])([2H])c1cc(O)cc(C([2H])([2H])[2H])c1.[2H]C([2H])([2H])c1cc(OC)cc(C([2H])([2H])[2H])c1. The van der Waals surface area contributed by atoms with Gasteiger partial charge in [0.25, 0.3) is 0 Å². The van der Waals surface area contributed by atoms with Gasteiger partial charge >= 0.3 is 0 Å². The molecule has 102 valence electrons. The molecule has 0 bridgehead atoms. The highest BCUT2D eigenvalue weighted by Crippen LogP contribution is 2.15. The lowest BCUT2D eigenvalue weighted by Gasteiger charge is -2.01. The fourth-order valence-corrected chi connectivity index (χ4v) is 1.33. The Bertz CT molecular complexity index is 827. The molecule has 19 heavy (non-hydrogen) atoms. The Morgan fingerprint density at radius 2 is 1.21 bits per heavy atom. The van der Waals surface area contributed by atoms with Crippen LogP contribution in [0.4, 0.5) is 0 Å². The van der Waals surface area contributed by atoms with E-state index in [1.165, 1.54) is 25.3 Å². The average Bonchev–Trinajstić information content (AvgIpc) is 2.58. The van der Waals surface area contributed by atoms with Gasteiger partial charge in [0.05, 0.1) is 7.11 Å². The van der Waals surface area contributed by atoms with Gasteiger partial charge in [0.2, 0.25) is 0 Å². The molecule has 2 heteroatoms. The van der Waals surface area contributed by atoms with Gasteiger partial charge in [-0.15, -0.1) is 0 Å². The van der Waals surface area contributed by atoms with E-state index in [1.54, 1.807) is 0 Å². The van der Waals surface area contributed by atoms with Crippen LogP contribution in [0.1, 0.15) is 38.7 Å². The normalized spacial score (nSPS) is 21.5. The van der Waals surface area contributed by atoms with E-state index in [4.69, 9.17) is 21.2 Å². The summed E-state index contributed by atoms with van der Waals surface area (Å²) in [5.74, 6) is -0.116. The smallest absolute Gasteiger partial charge is 0.119 e. The molecule has 2 nitrogen and oxygen atoms in total. The van der Waals surface area contributed by atoms with Crippen molar-refractivity contribution in [1.82, 2.24) is 0 Å². The van der Waals surface area contributed by atoms with Crippen LogP contribution in [0.2, 0.25) is 0 Å². The molecule has 0 saturated carbocycles. The third kappa shape index (κ3) is 5.47. The molecule has 0 fully saturated rings. The lowest BCUT2D eigenvalue weighted by Crippen LogP contribution is -1.84. The Labute approximate surface area is 132 Å². The van der Waals surface area contributed by atoms with Gasteiger partial charge in [0.1, 0.15) is 11.5 Å². The zero-order valence-electron chi connectivity index (χ0n) is 22.3. The van der Waals surface area contributed by atoms with Crippen molar-refractivity contribution < 1.29 is 26.3 Å². The summed E-state index contributed by atoms with van der Waals surface area (Å²) in [7, 11) is 1.36. The highest BCUT2D eigenvalue weighted by atomic mass is 16.5. The maximum atomic E-state index is 9.22. The minimum absolute atomic E-state index is 0.0297. The van der Waals surface area contributed by atoms with E-state index in [1.807, 2.05) is 0 Å². The van der Waals surface area contributed by atoms with Gasteiger partial charge in [-0.1, -0.05) is 12.1 Å². The molecule has 0 radical (unpaired) electrons. The molecule has 0 aliphatic carbocycles. The molecule has 0 unspecified atom stereocenters. The number of ether oxygens (including phenoxy) is 1. The maximum Gasteiger partial charge on any atom is 0.119 e. The van der Waals surface area contributed by atoms with E-state index in [2.05, 4.69) is 0 Å². The number of hydrogen-bond donors (Lipinski definition) is 1. The van der Waals surface area contributed by atoms with Crippen molar-refractivity contribution in [3.63, 3.8) is 0 Å². The van der Waals surface area contributed by atoms with Gasteiger partial charge in [0, 0.05) is 16.4 Å². The second-order valence-corrected chi connectivity index (χ2v) is 3.72. The summed E-state index contributed by atoms with van der Waals surface area (Å²) >= 11 is 0. The first kappa shape index (κ1) is 5.20. The van der Waals surface area contributed by atoms with Gasteiger partial charge in [0.15, 0.2) is 0 Å². The van der Waals surface area contributed by atoms with Gasteiger partial charge in [-0.3, -0.25) is 0 Å². The number of aryl methyl sites for hydroxylation is 4. The van der Waals surface area contributed by atoms with Crippen molar-refractivity contribution >= 4 is 0 Å². The predicted octanol–water partition coefficient (Wildman–Crippen LogP) is 4.32. The number of methoxy groups -OCH3 is 1. The van der Waals surface area contributed by atoms with Crippen molar-refractivity contribution in [1.29, 1.82) is 0 Å². The predicted molar refractivity (Wildman–Crippen MR) is 80.0 cm³/mol. The van der Waals surface area contributed by atoms with Gasteiger partial charge in [-0.25, -0.2) is 0 Å². The maximum absolute atomic E-state index is 9.22. The van der Waals surface area contributed by atoms with Crippen LogP contribution >= 0.6 is 0 Å². The van der Waals surface area contributed by atoms with Crippen molar-refractivity contribution in [2.24, 2.45) is 0 Å². The number of phenolic OH excluding ortho intramolecular Hbond substituents is 1. The van der Waals surface area contributed by atoms with Crippen molar-refractivity contribution in [2.75, 3.05) is 7.11 Å². The molecule has 0 aromatic heterocycles. The molecule has 0 aliphatic heterocycles. The number of rotatable bonds is 1. The number of phenols is 1. The molecule has 1 N–H and O–H groups in total. The van der Waals surface area contributed by atoms with Crippen molar-refractivity contribution in [3.05, 3.63) is 58.7 Å². The molecule has 0 atom stereocenters. The van der Waals surface area contributed by atoms with E-state index in [0.29, 0.717) is 0 Å². The summed E-state index contributed by atoms with van der Waals surface area (Å²) in [6.07, 6.45) is 0. The molecular formula is C17H22O2. The Morgan fingerprint density at radius 1 is 0.789 bits per heavy atom. The topological polar surface area (TPSA) is 29.5 Å². The quantitative estimate of drug-likeness (QED) is 0.836. The van der Waals surface area contributed by atoms with E-state index in [-0.39, 0.29) is 33.8 Å². The monoisotopic (exact) mass is 270 g/mol. The molecule has 2 aromatic rings.